The Kier molecular flexibility index (Phi) is 5.32. The van der Waals surface area contributed by atoms with Gasteiger partial charge in [0.25, 0.3) is 0 Å². The molecule has 9 nitrogen and oxygen atoms in total. The number of rotatable bonds is 8. The van der Waals surface area contributed by atoms with Crippen LogP contribution in [0, 0.1) is 0 Å². The topological polar surface area (TPSA) is 104 Å². The number of likely N-dealkylation sites (N-methyl/N-ethyl adjacent to an activating group) is 1. The molecule has 4 aromatic rings. The minimum atomic E-state index is -0.0776. The van der Waals surface area contributed by atoms with Gasteiger partial charge >= 0.3 is 0 Å². The number of imidazole rings is 1. The maximum absolute atomic E-state index is 6.09. The van der Waals surface area contributed by atoms with Crippen LogP contribution in [0.1, 0.15) is 6.92 Å². The van der Waals surface area contributed by atoms with E-state index in [1.807, 2.05) is 37.1 Å². The molecule has 0 saturated carbocycles. The smallest absolute Gasteiger partial charge is 0.231 e. The summed E-state index contributed by atoms with van der Waals surface area (Å²) in [4.78, 5) is 11.0. The van der Waals surface area contributed by atoms with E-state index in [1.54, 1.807) is 30.1 Å². The third-order valence-electron chi connectivity index (χ3n) is 4.50. The molecule has 0 aliphatic heterocycles. The summed E-state index contributed by atoms with van der Waals surface area (Å²) in [5.41, 5.74) is 7.93. The minimum absolute atomic E-state index is 0.0776. The first kappa shape index (κ1) is 19.2. The van der Waals surface area contributed by atoms with Crippen molar-refractivity contribution in [3.8, 4) is 17.3 Å². The van der Waals surface area contributed by atoms with Crippen molar-refractivity contribution in [1.82, 2.24) is 19.6 Å². The van der Waals surface area contributed by atoms with E-state index >= 15 is 0 Å². The summed E-state index contributed by atoms with van der Waals surface area (Å²) in [6.07, 6.45) is 3.47. The molecular formula is C20H24N6O3. The first-order valence-electron chi connectivity index (χ1n) is 9.39. The molecule has 0 saturated heterocycles. The highest BCUT2D eigenvalue weighted by Crippen LogP contribution is 2.32. The average Bonchev–Trinajstić information content (AvgIpc) is 3.33. The number of hydrogen-bond acceptors (Lipinski definition) is 8. The highest BCUT2D eigenvalue weighted by atomic mass is 16.5. The van der Waals surface area contributed by atoms with Crippen LogP contribution in [0.25, 0.3) is 28.1 Å². The van der Waals surface area contributed by atoms with Gasteiger partial charge in [-0.15, -0.1) is 5.10 Å². The van der Waals surface area contributed by atoms with Gasteiger partial charge in [-0.2, -0.15) is 0 Å². The number of pyridine rings is 1. The van der Waals surface area contributed by atoms with Crippen LogP contribution < -0.4 is 15.4 Å². The number of anilines is 1. The molecular weight excluding hydrogens is 372 g/mol. The molecule has 4 rings (SSSR count). The van der Waals surface area contributed by atoms with Crippen LogP contribution in [0.4, 0.5) is 5.82 Å². The van der Waals surface area contributed by atoms with E-state index in [0.717, 1.165) is 29.0 Å². The lowest BCUT2D eigenvalue weighted by Crippen LogP contribution is -2.24. The van der Waals surface area contributed by atoms with Crippen molar-refractivity contribution in [1.29, 1.82) is 0 Å². The van der Waals surface area contributed by atoms with E-state index < -0.39 is 0 Å². The number of ether oxygens (including phenoxy) is 2. The summed E-state index contributed by atoms with van der Waals surface area (Å²) in [7, 11) is 3.66. The predicted molar refractivity (Wildman–Crippen MR) is 110 cm³/mol. The number of hydrogen-bond donors (Lipinski definition) is 1. The summed E-state index contributed by atoms with van der Waals surface area (Å²) in [5.74, 6) is 1.96. The molecule has 9 heteroatoms. The molecule has 0 radical (unpaired) electrons. The molecule has 29 heavy (non-hydrogen) atoms. The van der Waals surface area contributed by atoms with Gasteiger partial charge in [0.15, 0.2) is 11.4 Å². The lowest BCUT2D eigenvalue weighted by atomic mass is 10.2. The monoisotopic (exact) mass is 396 g/mol. The first-order chi connectivity index (χ1) is 14.1. The number of fused-ring (bicyclic) bond motifs is 2. The zero-order valence-corrected chi connectivity index (χ0v) is 16.7. The Bertz CT molecular complexity index is 1120. The van der Waals surface area contributed by atoms with Gasteiger partial charge in [0, 0.05) is 39.0 Å². The molecule has 4 aromatic heterocycles. The fraction of sp³-hybridized carbons (Fsp3) is 0.350. The largest absolute Gasteiger partial charge is 0.475 e. The number of aromatic nitrogens is 4. The van der Waals surface area contributed by atoms with Crippen molar-refractivity contribution in [3.63, 3.8) is 0 Å². The molecule has 0 aliphatic carbocycles. The summed E-state index contributed by atoms with van der Waals surface area (Å²) in [6, 6.07) is 7.36. The van der Waals surface area contributed by atoms with E-state index in [4.69, 9.17) is 19.6 Å². The molecule has 0 amide bonds. The van der Waals surface area contributed by atoms with E-state index in [0.29, 0.717) is 30.5 Å². The lowest BCUT2D eigenvalue weighted by molar-refractivity contribution is 0.206. The van der Waals surface area contributed by atoms with Crippen LogP contribution in [-0.4, -0.2) is 59.5 Å². The van der Waals surface area contributed by atoms with Crippen LogP contribution in [-0.2, 0) is 4.74 Å². The summed E-state index contributed by atoms with van der Waals surface area (Å²) in [6.45, 7) is 3.60. The normalized spacial score (nSPS) is 12.6. The Morgan fingerprint density at radius 3 is 2.93 bits per heavy atom. The number of methoxy groups -OCH3 is 1. The SMILES string of the molecule is COCCN(C)c1nccc2oc(-c3cnc4ccc(OCC(C)N)nn34)cc12. The van der Waals surface area contributed by atoms with Gasteiger partial charge in [-0.1, -0.05) is 0 Å². The second kappa shape index (κ2) is 8.06. The molecule has 0 aromatic carbocycles. The minimum Gasteiger partial charge on any atom is -0.475 e. The quantitative estimate of drug-likeness (QED) is 0.484. The van der Waals surface area contributed by atoms with Crippen molar-refractivity contribution in [3.05, 3.63) is 36.7 Å². The number of furan rings is 1. The Morgan fingerprint density at radius 1 is 1.28 bits per heavy atom. The second-order valence-corrected chi connectivity index (χ2v) is 6.94. The maximum atomic E-state index is 6.09. The van der Waals surface area contributed by atoms with Crippen molar-refractivity contribution in [2.75, 3.05) is 38.8 Å². The van der Waals surface area contributed by atoms with Crippen molar-refractivity contribution in [2.24, 2.45) is 5.73 Å². The zero-order chi connectivity index (χ0) is 20.4. The van der Waals surface area contributed by atoms with Crippen molar-refractivity contribution >= 4 is 22.4 Å². The molecule has 1 unspecified atom stereocenters. The van der Waals surface area contributed by atoms with Gasteiger partial charge in [0.1, 0.15) is 23.7 Å². The van der Waals surface area contributed by atoms with Gasteiger partial charge in [-0.3, -0.25) is 0 Å². The van der Waals surface area contributed by atoms with Gasteiger partial charge in [-0.05, 0) is 25.1 Å². The van der Waals surface area contributed by atoms with Gasteiger partial charge in [-0.25, -0.2) is 14.5 Å². The van der Waals surface area contributed by atoms with Gasteiger partial charge in [0.2, 0.25) is 5.88 Å². The summed E-state index contributed by atoms with van der Waals surface area (Å²) in [5, 5.41) is 5.44. The van der Waals surface area contributed by atoms with Gasteiger partial charge < -0.3 is 24.5 Å². The van der Waals surface area contributed by atoms with Crippen LogP contribution >= 0.6 is 0 Å². The number of nitrogens with zero attached hydrogens (tertiary/aromatic N) is 5. The van der Waals surface area contributed by atoms with Crippen LogP contribution in [0.5, 0.6) is 5.88 Å². The Morgan fingerprint density at radius 2 is 2.14 bits per heavy atom. The summed E-state index contributed by atoms with van der Waals surface area (Å²) < 4.78 is 18.6. The van der Waals surface area contributed by atoms with Crippen LogP contribution in [0.15, 0.2) is 41.1 Å². The van der Waals surface area contributed by atoms with Crippen LogP contribution in [0.2, 0.25) is 0 Å². The molecule has 0 spiro atoms. The average molecular weight is 396 g/mol. The molecule has 0 aliphatic rings. The highest BCUT2D eigenvalue weighted by molar-refractivity contribution is 5.91. The van der Waals surface area contributed by atoms with E-state index in [1.165, 1.54) is 0 Å². The van der Waals surface area contributed by atoms with Crippen molar-refractivity contribution < 1.29 is 13.9 Å². The van der Waals surface area contributed by atoms with Crippen molar-refractivity contribution in [2.45, 2.75) is 13.0 Å². The molecule has 152 valence electrons. The Hall–Kier alpha value is -3.17. The predicted octanol–water partition coefficient (Wildman–Crippen LogP) is 2.35. The molecule has 1 atom stereocenters. The molecule has 0 fully saturated rings. The summed E-state index contributed by atoms with van der Waals surface area (Å²) >= 11 is 0. The first-order valence-corrected chi connectivity index (χ1v) is 9.39. The van der Waals surface area contributed by atoms with E-state index in [2.05, 4.69) is 15.1 Å². The highest BCUT2D eigenvalue weighted by Gasteiger charge is 2.17. The van der Waals surface area contributed by atoms with Gasteiger partial charge in [0.05, 0.1) is 18.2 Å². The number of nitrogens with two attached hydrogens (primary N) is 1. The molecule has 0 bridgehead atoms. The Balaban J connectivity index is 1.72. The van der Waals surface area contributed by atoms with E-state index in [9.17, 15) is 0 Å². The van der Waals surface area contributed by atoms with E-state index in [-0.39, 0.29) is 6.04 Å². The fourth-order valence-electron chi connectivity index (χ4n) is 3.03. The third-order valence-corrected chi connectivity index (χ3v) is 4.50. The Labute approximate surface area is 168 Å². The maximum Gasteiger partial charge on any atom is 0.231 e. The second-order valence-electron chi connectivity index (χ2n) is 6.94. The lowest BCUT2D eigenvalue weighted by Gasteiger charge is -2.17. The third kappa shape index (κ3) is 3.87. The zero-order valence-electron chi connectivity index (χ0n) is 16.7. The standard InChI is InChI=1S/C20H24N6O3/c1-13(21)12-28-19-5-4-18-23-11-15(26(18)24-19)17-10-14-16(29-17)6-7-22-20(14)25(2)8-9-27-3/h4-7,10-11,13H,8-9,12,21H2,1-3H3. The fourth-order valence-corrected chi connectivity index (χ4v) is 3.03. The molecule has 4 heterocycles. The van der Waals surface area contributed by atoms with Crippen LogP contribution in [0.3, 0.4) is 0 Å². The molecule has 2 N–H and O–H groups in total.